The Morgan fingerprint density at radius 2 is 2.17 bits per heavy atom. The van der Waals surface area contributed by atoms with Crippen LogP contribution in [0.1, 0.15) is 24.3 Å². The third kappa shape index (κ3) is 3.71. The Morgan fingerprint density at radius 1 is 1.43 bits per heavy atom. The minimum atomic E-state index is -0.678. The minimum absolute atomic E-state index is 0.0162. The van der Waals surface area contributed by atoms with Gasteiger partial charge >= 0.3 is 0 Å². The number of hydrogen-bond acceptors (Lipinski definition) is 4. The molecule has 0 bridgehead atoms. The van der Waals surface area contributed by atoms with Gasteiger partial charge in [0.1, 0.15) is 12.2 Å². The zero-order valence-corrected chi connectivity index (χ0v) is 13.6. The Kier molecular flexibility index (Phi) is 4.63. The average molecular weight is 335 g/mol. The topological polar surface area (TPSA) is 71.2 Å². The van der Waals surface area contributed by atoms with Gasteiger partial charge in [-0.2, -0.15) is 0 Å². The molecule has 1 atom stereocenters. The lowest BCUT2D eigenvalue weighted by Crippen LogP contribution is -2.51. The lowest BCUT2D eigenvalue weighted by Gasteiger charge is -2.39. The van der Waals surface area contributed by atoms with Gasteiger partial charge in [0.2, 0.25) is 5.91 Å². The number of carbonyl (C=O) groups is 1. The second-order valence-corrected chi connectivity index (χ2v) is 6.38. The molecule has 7 heteroatoms. The number of rotatable bonds is 5. The van der Waals surface area contributed by atoms with Crippen molar-refractivity contribution in [2.75, 3.05) is 13.1 Å². The number of aliphatic hydroxyl groups is 1. The summed E-state index contributed by atoms with van der Waals surface area (Å²) in [5.74, 6) is 0.463. The molecule has 1 aromatic heterocycles. The van der Waals surface area contributed by atoms with Crippen LogP contribution in [0.15, 0.2) is 30.5 Å². The van der Waals surface area contributed by atoms with Crippen LogP contribution in [0.5, 0.6) is 0 Å². The van der Waals surface area contributed by atoms with Gasteiger partial charge in [-0.3, -0.25) is 4.79 Å². The first-order chi connectivity index (χ1) is 11.0. The molecular weight excluding hydrogens is 316 g/mol. The summed E-state index contributed by atoms with van der Waals surface area (Å²) in [4.78, 5) is 14.0. The highest BCUT2D eigenvalue weighted by atomic mass is 35.5. The zero-order chi connectivity index (χ0) is 16.4. The molecule has 2 aromatic rings. The maximum Gasteiger partial charge on any atom is 0.244 e. The predicted molar refractivity (Wildman–Crippen MR) is 85.9 cm³/mol. The Bertz CT molecular complexity index is 695. The highest BCUT2D eigenvalue weighted by molar-refractivity contribution is 6.31. The number of halogens is 1. The second-order valence-electron chi connectivity index (χ2n) is 5.98. The average Bonchev–Trinajstić information content (AvgIpc) is 2.92. The molecule has 1 aliphatic heterocycles. The molecule has 1 aromatic carbocycles. The van der Waals surface area contributed by atoms with Crippen molar-refractivity contribution in [3.05, 3.63) is 46.7 Å². The summed E-state index contributed by atoms with van der Waals surface area (Å²) in [7, 11) is 0. The monoisotopic (exact) mass is 334 g/mol. The van der Waals surface area contributed by atoms with Crippen molar-refractivity contribution in [1.82, 2.24) is 19.9 Å². The maximum atomic E-state index is 12.2. The molecule has 1 saturated heterocycles. The fourth-order valence-corrected chi connectivity index (χ4v) is 2.91. The number of likely N-dealkylation sites (tertiary alicyclic amines) is 1. The van der Waals surface area contributed by atoms with E-state index in [9.17, 15) is 9.90 Å². The van der Waals surface area contributed by atoms with Crippen molar-refractivity contribution in [2.45, 2.75) is 26.0 Å². The number of amides is 1. The molecule has 23 heavy (non-hydrogen) atoms. The van der Waals surface area contributed by atoms with Crippen molar-refractivity contribution >= 4 is 17.5 Å². The molecule has 0 saturated carbocycles. The first kappa shape index (κ1) is 16.0. The summed E-state index contributed by atoms with van der Waals surface area (Å²) in [6.45, 7) is 3.24. The van der Waals surface area contributed by atoms with Gasteiger partial charge in [-0.1, -0.05) is 35.0 Å². The van der Waals surface area contributed by atoms with E-state index in [4.69, 9.17) is 11.6 Å². The van der Waals surface area contributed by atoms with Gasteiger partial charge in [-0.25, -0.2) is 4.68 Å². The largest absolute Gasteiger partial charge is 0.387 e. The smallest absolute Gasteiger partial charge is 0.244 e. The van der Waals surface area contributed by atoms with Gasteiger partial charge in [-0.15, -0.1) is 5.10 Å². The Hall–Kier alpha value is -1.92. The van der Waals surface area contributed by atoms with Gasteiger partial charge < -0.3 is 10.0 Å². The molecule has 1 amide bonds. The summed E-state index contributed by atoms with van der Waals surface area (Å²) in [5, 5.41) is 17.9. The number of aromatic nitrogens is 3. The normalized spacial score (nSPS) is 16.2. The molecule has 0 spiro atoms. The zero-order valence-electron chi connectivity index (χ0n) is 12.9. The number of benzene rings is 1. The third-order valence-corrected chi connectivity index (χ3v) is 4.43. The van der Waals surface area contributed by atoms with Gasteiger partial charge in [0.25, 0.3) is 0 Å². The van der Waals surface area contributed by atoms with Crippen molar-refractivity contribution in [1.29, 1.82) is 0 Å². The van der Waals surface area contributed by atoms with Crippen LogP contribution in [0, 0.1) is 5.92 Å². The summed E-state index contributed by atoms with van der Waals surface area (Å²) in [5.41, 5.74) is 1.60. The summed E-state index contributed by atoms with van der Waals surface area (Å²) < 4.78 is 1.46. The van der Waals surface area contributed by atoms with E-state index < -0.39 is 6.10 Å². The van der Waals surface area contributed by atoms with Crippen LogP contribution < -0.4 is 0 Å². The molecule has 1 fully saturated rings. The lowest BCUT2D eigenvalue weighted by atomic mass is 9.92. The van der Waals surface area contributed by atoms with E-state index in [2.05, 4.69) is 10.3 Å². The SMILES string of the molecule is CC(O)c1cn(CC(=O)N2CC(Cc3ccccc3Cl)C2)nn1. The van der Waals surface area contributed by atoms with Crippen LogP contribution in [-0.2, 0) is 17.8 Å². The maximum absolute atomic E-state index is 12.2. The standard InChI is InChI=1S/C16H19ClN4O2/c1-11(22)15-9-21(19-18-15)10-16(23)20-7-12(8-20)6-13-4-2-3-5-14(13)17/h2-5,9,11-12,22H,6-8,10H2,1H3. The van der Waals surface area contributed by atoms with Crippen LogP contribution in [0.25, 0.3) is 0 Å². The number of hydrogen-bond donors (Lipinski definition) is 1. The van der Waals surface area contributed by atoms with Crippen LogP contribution in [0.2, 0.25) is 5.02 Å². The predicted octanol–water partition coefficient (Wildman–Crippen LogP) is 1.69. The van der Waals surface area contributed by atoms with Crippen LogP contribution in [0.4, 0.5) is 0 Å². The third-order valence-electron chi connectivity index (χ3n) is 4.06. The Morgan fingerprint density at radius 3 is 2.83 bits per heavy atom. The molecule has 2 heterocycles. The number of nitrogens with zero attached hydrogens (tertiary/aromatic N) is 4. The molecular formula is C16H19ClN4O2. The summed E-state index contributed by atoms with van der Waals surface area (Å²) in [6.07, 6.45) is 1.81. The van der Waals surface area contributed by atoms with E-state index in [1.54, 1.807) is 13.1 Å². The number of carbonyl (C=O) groups excluding carboxylic acids is 1. The van der Waals surface area contributed by atoms with E-state index in [0.29, 0.717) is 11.6 Å². The number of aliphatic hydroxyl groups excluding tert-OH is 1. The molecule has 1 unspecified atom stereocenters. The fourth-order valence-electron chi connectivity index (χ4n) is 2.70. The first-order valence-corrected chi connectivity index (χ1v) is 8.00. The van der Waals surface area contributed by atoms with Gasteiger partial charge in [-0.05, 0) is 30.9 Å². The molecule has 122 valence electrons. The fraction of sp³-hybridized carbons (Fsp3) is 0.438. The first-order valence-electron chi connectivity index (χ1n) is 7.62. The highest BCUT2D eigenvalue weighted by Crippen LogP contribution is 2.24. The van der Waals surface area contributed by atoms with Gasteiger partial charge in [0.05, 0.1) is 12.3 Å². The Labute approximate surface area is 139 Å². The lowest BCUT2D eigenvalue weighted by molar-refractivity contribution is -0.138. The van der Waals surface area contributed by atoms with E-state index >= 15 is 0 Å². The molecule has 0 radical (unpaired) electrons. The van der Waals surface area contributed by atoms with Crippen molar-refractivity contribution in [3.8, 4) is 0 Å². The molecule has 6 nitrogen and oxygen atoms in total. The van der Waals surface area contributed by atoms with Gasteiger partial charge in [0, 0.05) is 18.1 Å². The minimum Gasteiger partial charge on any atom is -0.387 e. The highest BCUT2D eigenvalue weighted by Gasteiger charge is 2.31. The second kappa shape index (κ2) is 6.68. The van der Waals surface area contributed by atoms with Crippen LogP contribution in [-0.4, -0.2) is 44.0 Å². The molecule has 3 rings (SSSR count). The van der Waals surface area contributed by atoms with Crippen LogP contribution in [0.3, 0.4) is 0 Å². The van der Waals surface area contributed by atoms with Crippen LogP contribution >= 0.6 is 11.6 Å². The summed E-state index contributed by atoms with van der Waals surface area (Å²) >= 11 is 6.16. The van der Waals surface area contributed by atoms with Crippen molar-refractivity contribution in [3.63, 3.8) is 0 Å². The Balaban J connectivity index is 1.49. The van der Waals surface area contributed by atoms with Crippen molar-refractivity contribution in [2.24, 2.45) is 5.92 Å². The van der Waals surface area contributed by atoms with E-state index in [1.807, 2.05) is 29.2 Å². The summed E-state index contributed by atoms with van der Waals surface area (Å²) in [6, 6.07) is 7.82. The van der Waals surface area contributed by atoms with E-state index in [-0.39, 0.29) is 12.5 Å². The van der Waals surface area contributed by atoms with E-state index in [1.165, 1.54) is 4.68 Å². The van der Waals surface area contributed by atoms with E-state index in [0.717, 1.165) is 30.1 Å². The molecule has 1 N–H and O–H groups in total. The van der Waals surface area contributed by atoms with Crippen molar-refractivity contribution < 1.29 is 9.90 Å². The quantitative estimate of drug-likeness (QED) is 0.903. The molecule has 0 aliphatic carbocycles. The molecule has 1 aliphatic rings. The van der Waals surface area contributed by atoms with Gasteiger partial charge in [0.15, 0.2) is 0 Å².